The Morgan fingerprint density at radius 3 is 2.27 bits per heavy atom. The Bertz CT molecular complexity index is 698. The van der Waals surface area contributed by atoms with Gasteiger partial charge in [-0.25, -0.2) is 0 Å². The normalized spacial score (nSPS) is 15.7. The third-order valence-electron chi connectivity index (χ3n) is 3.01. The summed E-state index contributed by atoms with van der Waals surface area (Å²) in [5, 5.41) is 0. The van der Waals surface area contributed by atoms with E-state index in [1.54, 1.807) is 6.92 Å². The Labute approximate surface area is 123 Å². The molecule has 0 saturated carbocycles. The van der Waals surface area contributed by atoms with E-state index in [2.05, 4.69) is 14.2 Å². The molecule has 0 saturated heterocycles. The molecular formula is C15H10F4O3. The highest BCUT2D eigenvalue weighted by Crippen LogP contribution is 2.44. The number of halogens is 4. The van der Waals surface area contributed by atoms with Gasteiger partial charge < -0.3 is 14.2 Å². The molecular weight excluding hydrogens is 304 g/mol. The van der Waals surface area contributed by atoms with Crippen LogP contribution in [0.5, 0.6) is 17.2 Å². The predicted octanol–water partition coefficient (Wildman–Crippen LogP) is 4.44. The quantitative estimate of drug-likeness (QED) is 0.784. The first-order valence-corrected chi connectivity index (χ1v) is 6.29. The van der Waals surface area contributed by atoms with E-state index in [-0.39, 0.29) is 22.8 Å². The van der Waals surface area contributed by atoms with E-state index in [9.17, 15) is 17.6 Å². The van der Waals surface area contributed by atoms with Crippen molar-refractivity contribution in [3.05, 3.63) is 53.6 Å². The first-order chi connectivity index (χ1) is 10.3. The number of hydrogen-bond donors (Lipinski definition) is 0. The third-order valence-corrected chi connectivity index (χ3v) is 3.01. The van der Waals surface area contributed by atoms with E-state index in [0.717, 1.165) is 23.8 Å². The van der Waals surface area contributed by atoms with Gasteiger partial charge in [0.25, 0.3) is 0 Å². The van der Waals surface area contributed by atoms with Crippen molar-refractivity contribution >= 4 is 0 Å². The zero-order valence-electron chi connectivity index (χ0n) is 11.3. The van der Waals surface area contributed by atoms with Crippen LogP contribution in [-0.2, 0) is 6.11 Å². The standard InChI is InChI=1S/C15H10F4O3/c1-9-2-4-10(5-3-9)14(16,17)20-11-6-7-12-13(8-11)22-15(18,19)21-12/h2-8H,1H3. The smallest absolute Gasteiger partial charge is 0.429 e. The lowest BCUT2D eigenvalue weighted by atomic mass is 10.1. The summed E-state index contributed by atoms with van der Waals surface area (Å²) in [7, 11) is 0. The highest BCUT2D eigenvalue weighted by Gasteiger charge is 2.44. The molecule has 0 radical (unpaired) electrons. The Kier molecular flexibility index (Phi) is 3.16. The molecule has 116 valence electrons. The summed E-state index contributed by atoms with van der Waals surface area (Å²) in [6.07, 6.45) is -7.41. The fraction of sp³-hybridized carbons (Fsp3) is 0.200. The van der Waals surface area contributed by atoms with Crippen LogP contribution in [-0.4, -0.2) is 6.29 Å². The van der Waals surface area contributed by atoms with Gasteiger partial charge in [0.2, 0.25) is 0 Å². The summed E-state index contributed by atoms with van der Waals surface area (Å²) < 4.78 is 66.8. The molecule has 0 aromatic heterocycles. The fourth-order valence-corrected chi connectivity index (χ4v) is 1.95. The fourth-order valence-electron chi connectivity index (χ4n) is 1.95. The van der Waals surface area contributed by atoms with Crippen molar-refractivity contribution in [1.82, 2.24) is 0 Å². The second kappa shape index (κ2) is 4.79. The first-order valence-electron chi connectivity index (χ1n) is 6.29. The van der Waals surface area contributed by atoms with Crippen LogP contribution in [0.1, 0.15) is 11.1 Å². The molecule has 2 aromatic carbocycles. The van der Waals surface area contributed by atoms with Gasteiger partial charge in [-0.15, -0.1) is 8.78 Å². The maximum Gasteiger partial charge on any atom is 0.586 e. The molecule has 0 unspecified atom stereocenters. The molecule has 0 N–H and O–H groups in total. The SMILES string of the molecule is Cc1ccc(C(F)(F)Oc2ccc3c(c2)OC(F)(F)O3)cc1. The van der Waals surface area contributed by atoms with Gasteiger partial charge in [0.15, 0.2) is 11.5 Å². The number of aryl methyl sites for hydroxylation is 1. The molecule has 3 nitrogen and oxygen atoms in total. The topological polar surface area (TPSA) is 27.7 Å². The molecule has 1 aliphatic heterocycles. The summed E-state index contributed by atoms with van der Waals surface area (Å²) in [6, 6.07) is 8.62. The maximum atomic E-state index is 14.0. The van der Waals surface area contributed by atoms with Gasteiger partial charge in [0.1, 0.15) is 5.75 Å². The van der Waals surface area contributed by atoms with Gasteiger partial charge in [-0.2, -0.15) is 8.78 Å². The summed E-state index contributed by atoms with van der Waals surface area (Å²) >= 11 is 0. The van der Waals surface area contributed by atoms with Crippen LogP contribution < -0.4 is 14.2 Å². The van der Waals surface area contributed by atoms with Crippen LogP contribution in [0.25, 0.3) is 0 Å². The summed E-state index contributed by atoms with van der Waals surface area (Å²) in [5.74, 6) is -0.913. The van der Waals surface area contributed by atoms with E-state index in [1.165, 1.54) is 24.3 Å². The van der Waals surface area contributed by atoms with Gasteiger partial charge in [0.05, 0.1) is 5.56 Å². The Morgan fingerprint density at radius 1 is 0.955 bits per heavy atom. The monoisotopic (exact) mass is 314 g/mol. The number of ether oxygens (including phenoxy) is 3. The molecule has 1 heterocycles. The zero-order chi connectivity index (χ0) is 16.0. The van der Waals surface area contributed by atoms with Crippen LogP contribution >= 0.6 is 0 Å². The number of fused-ring (bicyclic) bond motifs is 1. The van der Waals surface area contributed by atoms with Gasteiger partial charge in [-0.3, -0.25) is 0 Å². The number of hydrogen-bond acceptors (Lipinski definition) is 3. The minimum absolute atomic E-state index is 0.240. The molecule has 0 aliphatic carbocycles. The van der Waals surface area contributed by atoms with Crippen molar-refractivity contribution in [2.45, 2.75) is 19.3 Å². The lowest BCUT2D eigenvalue weighted by Gasteiger charge is -2.18. The zero-order valence-corrected chi connectivity index (χ0v) is 11.3. The minimum Gasteiger partial charge on any atom is -0.429 e. The molecule has 0 atom stereocenters. The second-order valence-corrected chi connectivity index (χ2v) is 4.76. The third kappa shape index (κ3) is 2.79. The van der Waals surface area contributed by atoms with Crippen LogP contribution in [0.4, 0.5) is 17.6 Å². The van der Waals surface area contributed by atoms with E-state index < -0.39 is 12.4 Å². The minimum atomic E-state index is -3.81. The van der Waals surface area contributed by atoms with Gasteiger partial charge in [-0.1, -0.05) is 17.7 Å². The van der Waals surface area contributed by atoms with Crippen molar-refractivity contribution < 1.29 is 31.8 Å². The largest absolute Gasteiger partial charge is 0.586 e. The number of rotatable bonds is 3. The molecule has 0 bridgehead atoms. The highest BCUT2D eigenvalue weighted by atomic mass is 19.3. The molecule has 7 heteroatoms. The van der Waals surface area contributed by atoms with Crippen molar-refractivity contribution in [3.8, 4) is 17.2 Å². The van der Waals surface area contributed by atoms with Gasteiger partial charge >= 0.3 is 12.4 Å². The molecule has 2 aromatic rings. The van der Waals surface area contributed by atoms with Crippen LogP contribution in [0.15, 0.2) is 42.5 Å². The van der Waals surface area contributed by atoms with Gasteiger partial charge in [-0.05, 0) is 31.2 Å². The Morgan fingerprint density at radius 2 is 1.59 bits per heavy atom. The summed E-state index contributed by atoms with van der Waals surface area (Å²) in [6.45, 7) is 1.76. The summed E-state index contributed by atoms with van der Waals surface area (Å²) in [5.41, 5.74) is 0.478. The van der Waals surface area contributed by atoms with Crippen molar-refractivity contribution in [2.24, 2.45) is 0 Å². The van der Waals surface area contributed by atoms with E-state index in [0.29, 0.717) is 0 Å². The number of benzene rings is 2. The molecule has 0 spiro atoms. The van der Waals surface area contributed by atoms with Crippen molar-refractivity contribution in [3.63, 3.8) is 0 Å². The average molecular weight is 314 g/mol. The van der Waals surface area contributed by atoms with Crippen LogP contribution in [0, 0.1) is 6.92 Å². The Hall–Kier alpha value is -2.44. The van der Waals surface area contributed by atoms with Crippen molar-refractivity contribution in [1.29, 1.82) is 0 Å². The molecule has 0 fully saturated rings. The first kappa shape index (κ1) is 14.5. The lowest BCUT2D eigenvalue weighted by molar-refractivity contribution is -0.286. The number of alkyl halides is 4. The van der Waals surface area contributed by atoms with E-state index in [4.69, 9.17) is 0 Å². The van der Waals surface area contributed by atoms with Crippen molar-refractivity contribution in [2.75, 3.05) is 0 Å². The average Bonchev–Trinajstić information content (AvgIpc) is 2.72. The van der Waals surface area contributed by atoms with Gasteiger partial charge in [0, 0.05) is 6.07 Å². The Balaban J connectivity index is 1.83. The van der Waals surface area contributed by atoms with E-state index in [1.807, 2.05) is 0 Å². The molecule has 0 amide bonds. The molecule has 1 aliphatic rings. The van der Waals surface area contributed by atoms with E-state index >= 15 is 0 Å². The van der Waals surface area contributed by atoms with Crippen LogP contribution in [0.2, 0.25) is 0 Å². The predicted molar refractivity (Wildman–Crippen MR) is 68.3 cm³/mol. The maximum absolute atomic E-state index is 14.0. The molecule has 3 rings (SSSR count). The van der Waals surface area contributed by atoms with Crippen LogP contribution in [0.3, 0.4) is 0 Å². The second-order valence-electron chi connectivity index (χ2n) is 4.76. The highest BCUT2D eigenvalue weighted by molar-refractivity contribution is 5.47. The lowest BCUT2D eigenvalue weighted by Crippen LogP contribution is -2.25. The molecule has 22 heavy (non-hydrogen) atoms. The summed E-state index contributed by atoms with van der Waals surface area (Å²) in [4.78, 5) is 0.